The van der Waals surface area contributed by atoms with Crippen LogP contribution in [0.15, 0.2) is 46.9 Å². The molecule has 0 heterocycles. The lowest BCUT2D eigenvalue weighted by molar-refractivity contribution is 0.396. The van der Waals surface area contributed by atoms with Crippen LogP contribution in [0.5, 0.6) is 0 Å². The molecule has 0 aliphatic heterocycles. The quantitative estimate of drug-likeness (QED) is 0.869. The number of halogens is 3. The zero-order valence-electron chi connectivity index (χ0n) is 11.2. The highest BCUT2D eigenvalue weighted by Gasteiger charge is 2.29. The Balaban J connectivity index is 2.42. The monoisotopic (exact) mass is 339 g/mol. The van der Waals surface area contributed by atoms with E-state index in [0.29, 0.717) is 17.5 Å². The largest absolute Gasteiger partial charge is 0.321 e. The fourth-order valence-electron chi connectivity index (χ4n) is 2.29. The molecule has 1 atom stereocenters. The van der Waals surface area contributed by atoms with Crippen LogP contribution in [0.2, 0.25) is 0 Å². The molecule has 2 N–H and O–H groups in total. The number of hydrogen-bond donors (Lipinski definition) is 1. The van der Waals surface area contributed by atoms with Crippen LogP contribution in [-0.4, -0.2) is 0 Å². The summed E-state index contributed by atoms with van der Waals surface area (Å²) in [4.78, 5) is 0. The second kappa shape index (κ2) is 6.02. The first kappa shape index (κ1) is 15.1. The van der Waals surface area contributed by atoms with Crippen LogP contribution in [0.3, 0.4) is 0 Å². The van der Waals surface area contributed by atoms with Gasteiger partial charge in [-0.2, -0.15) is 0 Å². The van der Waals surface area contributed by atoms with E-state index in [1.807, 2.05) is 6.92 Å². The molecule has 1 unspecified atom stereocenters. The summed E-state index contributed by atoms with van der Waals surface area (Å²) in [5.74, 6) is -0.680. The third-order valence-electron chi connectivity index (χ3n) is 3.55. The lowest BCUT2D eigenvalue weighted by Gasteiger charge is -2.29. The predicted molar refractivity (Wildman–Crippen MR) is 80.4 cm³/mol. The Morgan fingerprint density at radius 1 is 1.10 bits per heavy atom. The smallest absolute Gasteiger partial charge is 0.128 e. The van der Waals surface area contributed by atoms with Gasteiger partial charge in [0.25, 0.3) is 0 Å². The Labute approximate surface area is 125 Å². The number of benzene rings is 2. The molecule has 0 aliphatic carbocycles. The van der Waals surface area contributed by atoms with E-state index in [1.54, 1.807) is 30.3 Å². The van der Waals surface area contributed by atoms with Gasteiger partial charge >= 0.3 is 0 Å². The second-order valence-corrected chi connectivity index (χ2v) is 5.82. The predicted octanol–water partition coefficient (Wildman–Crippen LogP) is 4.53. The SMILES string of the molecule is CCC(N)(Cc1cc(Br)ccc1F)c1ccccc1F. The first-order valence-electron chi connectivity index (χ1n) is 6.44. The average Bonchev–Trinajstić information content (AvgIpc) is 2.43. The van der Waals surface area contributed by atoms with Crippen molar-refractivity contribution >= 4 is 15.9 Å². The normalized spacial score (nSPS) is 14.1. The summed E-state index contributed by atoms with van der Waals surface area (Å²) in [5, 5.41) is 0. The van der Waals surface area contributed by atoms with Gasteiger partial charge in [0.15, 0.2) is 0 Å². The van der Waals surface area contributed by atoms with Crippen molar-refractivity contribution in [3.63, 3.8) is 0 Å². The summed E-state index contributed by atoms with van der Waals surface area (Å²) in [6, 6.07) is 11.1. The topological polar surface area (TPSA) is 26.0 Å². The molecule has 0 aromatic heterocycles. The Bertz CT molecular complexity index is 615. The summed E-state index contributed by atoms with van der Waals surface area (Å²) in [6.45, 7) is 1.88. The fraction of sp³-hybridized carbons (Fsp3) is 0.250. The van der Waals surface area contributed by atoms with Gasteiger partial charge in [-0.05, 0) is 42.7 Å². The van der Waals surface area contributed by atoms with Gasteiger partial charge in [0, 0.05) is 15.6 Å². The van der Waals surface area contributed by atoms with Crippen molar-refractivity contribution in [2.75, 3.05) is 0 Å². The summed E-state index contributed by atoms with van der Waals surface area (Å²) in [6.07, 6.45) is 0.760. The molecule has 0 radical (unpaired) electrons. The van der Waals surface area contributed by atoms with Crippen LogP contribution in [0.1, 0.15) is 24.5 Å². The highest BCUT2D eigenvalue weighted by Crippen LogP contribution is 2.30. The van der Waals surface area contributed by atoms with E-state index in [9.17, 15) is 8.78 Å². The van der Waals surface area contributed by atoms with Crippen LogP contribution in [0, 0.1) is 11.6 Å². The molecule has 4 heteroatoms. The van der Waals surface area contributed by atoms with Gasteiger partial charge in [0.05, 0.1) is 0 Å². The minimum absolute atomic E-state index is 0.246. The second-order valence-electron chi connectivity index (χ2n) is 4.90. The molecule has 0 spiro atoms. The molecule has 2 aromatic carbocycles. The van der Waals surface area contributed by atoms with Crippen molar-refractivity contribution in [2.45, 2.75) is 25.3 Å². The molecule has 2 rings (SSSR count). The van der Waals surface area contributed by atoms with E-state index in [-0.39, 0.29) is 18.1 Å². The molecule has 0 bridgehead atoms. The zero-order valence-corrected chi connectivity index (χ0v) is 12.8. The molecule has 20 heavy (non-hydrogen) atoms. The average molecular weight is 340 g/mol. The third-order valence-corrected chi connectivity index (χ3v) is 4.05. The number of rotatable bonds is 4. The van der Waals surface area contributed by atoms with Crippen LogP contribution in [0.4, 0.5) is 8.78 Å². The van der Waals surface area contributed by atoms with Crippen molar-refractivity contribution < 1.29 is 8.78 Å². The molecule has 0 saturated carbocycles. The highest BCUT2D eigenvalue weighted by molar-refractivity contribution is 9.10. The van der Waals surface area contributed by atoms with Gasteiger partial charge in [-0.15, -0.1) is 0 Å². The van der Waals surface area contributed by atoms with E-state index in [1.165, 1.54) is 12.1 Å². The molecular formula is C16H16BrF2N. The first-order chi connectivity index (χ1) is 9.46. The van der Waals surface area contributed by atoms with Gasteiger partial charge in [0.2, 0.25) is 0 Å². The molecule has 0 aliphatic rings. The third kappa shape index (κ3) is 3.07. The van der Waals surface area contributed by atoms with E-state index in [2.05, 4.69) is 15.9 Å². The van der Waals surface area contributed by atoms with Gasteiger partial charge in [-0.3, -0.25) is 0 Å². The standard InChI is InChI=1S/C16H16BrF2N/c1-2-16(20,13-5-3-4-6-15(13)19)10-11-9-12(17)7-8-14(11)18/h3-9H,2,10,20H2,1H3. The molecule has 0 saturated heterocycles. The summed E-state index contributed by atoms with van der Waals surface area (Å²) >= 11 is 3.31. The first-order valence-corrected chi connectivity index (χ1v) is 7.23. The molecule has 2 aromatic rings. The van der Waals surface area contributed by atoms with Gasteiger partial charge in [-0.25, -0.2) is 8.78 Å². The fourth-order valence-corrected chi connectivity index (χ4v) is 2.70. The Kier molecular flexibility index (Phi) is 4.55. The van der Waals surface area contributed by atoms with E-state index >= 15 is 0 Å². The van der Waals surface area contributed by atoms with Crippen LogP contribution < -0.4 is 5.73 Å². The van der Waals surface area contributed by atoms with Gasteiger partial charge in [-0.1, -0.05) is 41.1 Å². The van der Waals surface area contributed by atoms with Gasteiger partial charge < -0.3 is 5.73 Å². The van der Waals surface area contributed by atoms with E-state index < -0.39 is 5.54 Å². The lowest BCUT2D eigenvalue weighted by Crippen LogP contribution is -2.39. The van der Waals surface area contributed by atoms with Gasteiger partial charge in [0.1, 0.15) is 11.6 Å². The Hall–Kier alpha value is -1.26. The maximum atomic E-state index is 14.0. The molecule has 1 nitrogen and oxygen atoms in total. The zero-order chi connectivity index (χ0) is 14.8. The molecule has 0 amide bonds. The van der Waals surface area contributed by atoms with Crippen LogP contribution in [-0.2, 0) is 12.0 Å². The number of nitrogens with two attached hydrogens (primary N) is 1. The molecule has 0 fully saturated rings. The molecular weight excluding hydrogens is 324 g/mol. The van der Waals surface area contributed by atoms with Crippen molar-refractivity contribution in [1.29, 1.82) is 0 Å². The van der Waals surface area contributed by atoms with Crippen molar-refractivity contribution in [1.82, 2.24) is 0 Å². The summed E-state index contributed by atoms with van der Waals surface area (Å²) in [7, 11) is 0. The molecule has 106 valence electrons. The highest BCUT2D eigenvalue weighted by atomic mass is 79.9. The lowest BCUT2D eigenvalue weighted by atomic mass is 9.82. The van der Waals surface area contributed by atoms with Crippen molar-refractivity contribution in [2.24, 2.45) is 5.73 Å². The van der Waals surface area contributed by atoms with Crippen LogP contribution >= 0.6 is 15.9 Å². The van der Waals surface area contributed by atoms with Crippen LogP contribution in [0.25, 0.3) is 0 Å². The number of hydrogen-bond acceptors (Lipinski definition) is 1. The van der Waals surface area contributed by atoms with E-state index in [0.717, 1.165) is 4.47 Å². The Morgan fingerprint density at radius 3 is 2.45 bits per heavy atom. The summed E-state index contributed by atoms with van der Waals surface area (Å²) < 4.78 is 28.6. The van der Waals surface area contributed by atoms with E-state index in [4.69, 9.17) is 5.73 Å². The Morgan fingerprint density at radius 2 is 1.80 bits per heavy atom. The summed E-state index contributed by atoms with van der Waals surface area (Å²) in [5.41, 5.74) is 6.32. The minimum atomic E-state index is -0.924. The maximum absolute atomic E-state index is 14.0. The van der Waals surface area contributed by atoms with Crippen molar-refractivity contribution in [3.8, 4) is 0 Å². The maximum Gasteiger partial charge on any atom is 0.128 e. The van der Waals surface area contributed by atoms with Crippen molar-refractivity contribution in [3.05, 3.63) is 69.7 Å². The minimum Gasteiger partial charge on any atom is -0.321 e.